The smallest absolute Gasteiger partial charge is 0.211 e. The van der Waals surface area contributed by atoms with Gasteiger partial charge in [0.25, 0.3) is 0 Å². The molecule has 0 aliphatic carbocycles. The predicted molar refractivity (Wildman–Crippen MR) is 96.9 cm³/mol. The summed E-state index contributed by atoms with van der Waals surface area (Å²) >= 11 is 1.55. The van der Waals surface area contributed by atoms with Crippen molar-refractivity contribution in [2.45, 2.75) is 39.3 Å². The molecule has 136 valence electrons. The number of sulfonamides is 1. The molecule has 0 aromatic carbocycles. The molecule has 1 atom stereocenters. The minimum Gasteiger partial charge on any atom is -0.379 e. The molecule has 2 aromatic heterocycles. The minimum atomic E-state index is -3.26. The maximum Gasteiger partial charge on any atom is 0.211 e. The lowest BCUT2D eigenvalue weighted by Crippen LogP contribution is -2.30. The van der Waals surface area contributed by atoms with Gasteiger partial charge in [-0.2, -0.15) is 4.31 Å². The molecule has 1 saturated heterocycles. The molecule has 0 N–H and O–H groups in total. The highest BCUT2D eigenvalue weighted by molar-refractivity contribution is 7.88. The van der Waals surface area contributed by atoms with Crippen LogP contribution in [0.5, 0.6) is 0 Å². The lowest BCUT2D eigenvalue weighted by molar-refractivity contribution is 0.187. The van der Waals surface area contributed by atoms with Gasteiger partial charge in [-0.1, -0.05) is 0 Å². The SMILES string of the molecule is COCc1sc(-c2cc([C@@H]3CCCN3S(C)(=O)=O)nc(C)n2)nc1C. The van der Waals surface area contributed by atoms with Gasteiger partial charge in [-0.25, -0.2) is 23.4 Å². The minimum absolute atomic E-state index is 0.227. The van der Waals surface area contributed by atoms with Crippen molar-refractivity contribution in [3.05, 3.63) is 28.2 Å². The summed E-state index contributed by atoms with van der Waals surface area (Å²) in [5.74, 6) is 0.619. The van der Waals surface area contributed by atoms with Crippen molar-refractivity contribution >= 4 is 21.4 Å². The first-order chi connectivity index (χ1) is 11.8. The monoisotopic (exact) mass is 382 g/mol. The van der Waals surface area contributed by atoms with E-state index in [0.29, 0.717) is 19.0 Å². The van der Waals surface area contributed by atoms with Gasteiger partial charge in [-0.05, 0) is 32.8 Å². The molecule has 0 amide bonds. The number of thiazole rings is 1. The van der Waals surface area contributed by atoms with Crippen molar-refractivity contribution in [2.24, 2.45) is 0 Å². The number of hydrogen-bond donors (Lipinski definition) is 0. The second-order valence-electron chi connectivity index (χ2n) is 6.22. The van der Waals surface area contributed by atoms with E-state index in [1.165, 1.54) is 10.6 Å². The molecular weight excluding hydrogens is 360 g/mol. The van der Waals surface area contributed by atoms with E-state index in [0.717, 1.165) is 39.8 Å². The molecule has 0 unspecified atom stereocenters. The van der Waals surface area contributed by atoms with Crippen molar-refractivity contribution in [2.75, 3.05) is 19.9 Å². The average Bonchev–Trinajstić information content (AvgIpc) is 3.14. The first-order valence-electron chi connectivity index (χ1n) is 8.07. The normalized spacial score (nSPS) is 18.8. The van der Waals surface area contributed by atoms with Gasteiger partial charge in [-0.15, -0.1) is 11.3 Å². The van der Waals surface area contributed by atoms with Crippen LogP contribution in [0.25, 0.3) is 10.7 Å². The second-order valence-corrected chi connectivity index (χ2v) is 9.24. The van der Waals surface area contributed by atoms with Crippen LogP contribution in [0.15, 0.2) is 6.07 Å². The van der Waals surface area contributed by atoms with Crippen molar-refractivity contribution in [3.63, 3.8) is 0 Å². The molecule has 0 saturated carbocycles. The molecule has 25 heavy (non-hydrogen) atoms. The molecule has 0 bridgehead atoms. The Morgan fingerprint density at radius 3 is 2.76 bits per heavy atom. The quantitative estimate of drug-likeness (QED) is 0.790. The van der Waals surface area contributed by atoms with Crippen LogP contribution in [-0.2, 0) is 21.4 Å². The summed E-state index contributed by atoms with van der Waals surface area (Å²) in [6, 6.07) is 1.64. The molecule has 1 aliphatic heterocycles. The van der Waals surface area contributed by atoms with Gasteiger partial charge in [0, 0.05) is 13.7 Å². The standard InChI is InChI=1S/C16H22N4O3S2/c1-10-15(9-23-3)24-16(17-10)13-8-12(18-11(2)19-13)14-6-5-7-20(14)25(4,21)22/h8,14H,5-7,9H2,1-4H3/t14-/m0/s1. The summed E-state index contributed by atoms with van der Waals surface area (Å²) in [5, 5.41) is 0.806. The Hall–Kier alpha value is -1.42. The predicted octanol–water partition coefficient (Wildman–Crippen LogP) is 2.46. The molecular formula is C16H22N4O3S2. The van der Waals surface area contributed by atoms with Gasteiger partial charge in [0.15, 0.2) is 0 Å². The number of methoxy groups -OCH3 is 1. The summed E-state index contributed by atoms with van der Waals surface area (Å²) in [7, 11) is -1.60. The van der Waals surface area contributed by atoms with Gasteiger partial charge < -0.3 is 4.74 Å². The molecule has 1 aliphatic rings. The van der Waals surface area contributed by atoms with Gasteiger partial charge in [0.05, 0.1) is 35.2 Å². The van der Waals surface area contributed by atoms with Gasteiger partial charge >= 0.3 is 0 Å². The zero-order valence-electron chi connectivity index (χ0n) is 14.8. The maximum absolute atomic E-state index is 12.0. The Balaban J connectivity index is 2.00. The zero-order valence-corrected chi connectivity index (χ0v) is 16.4. The van der Waals surface area contributed by atoms with Gasteiger partial charge in [0.1, 0.15) is 16.5 Å². The van der Waals surface area contributed by atoms with Crippen molar-refractivity contribution in [1.29, 1.82) is 0 Å². The summed E-state index contributed by atoms with van der Waals surface area (Å²) < 4.78 is 30.8. The third-order valence-electron chi connectivity index (χ3n) is 4.22. The van der Waals surface area contributed by atoms with E-state index in [9.17, 15) is 8.42 Å². The highest BCUT2D eigenvalue weighted by Crippen LogP contribution is 2.35. The van der Waals surface area contributed by atoms with Crippen LogP contribution in [0.3, 0.4) is 0 Å². The molecule has 7 nitrogen and oxygen atoms in total. The van der Waals surface area contributed by atoms with Crippen LogP contribution >= 0.6 is 11.3 Å². The fourth-order valence-corrected chi connectivity index (χ4v) is 5.24. The van der Waals surface area contributed by atoms with Crippen LogP contribution in [0.1, 0.15) is 41.0 Å². The summed E-state index contributed by atoms with van der Waals surface area (Å²) in [4.78, 5) is 14.7. The fraction of sp³-hybridized carbons (Fsp3) is 0.562. The maximum atomic E-state index is 12.0. The van der Waals surface area contributed by atoms with Crippen LogP contribution in [0.4, 0.5) is 0 Å². The van der Waals surface area contributed by atoms with Crippen molar-refractivity contribution in [3.8, 4) is 10.7 Å². The van der Waals surface area contributed by atoms with E-state index < -0.39 is 10.0 Å². The van der Waals surface area contributed by atoms with Gasteiger partial charge in [0.2, 0.25) is 10.0 Å². The second kappa shape index (κ2) is 7.06. The number of ether oxygens (including phenoxy) is 1. The molecule has 3 heterocycles. The van der Waals surface area contributed by atoms with E-state index in [1.54, 1.807) is 18.4 Å². The Morgan fingerprint density at radius 1 is 1.32 bits per heavy atom. The van der Waals surface area contributed by atoms with E-state index in [2.05, 4.69) is 15.0 Å². The number of nitrogens with zero attached hydrogens (tertiary/aromatic N) is 4. The largest absolute Gasteiger partial charge is 0.379 e. The first kappa shape index (κ1) is 18.4. The topological polar surface area (TPSA) is 85.3 Å². The number of hydrogen-bond acceptors (Lipinski definition) is 7. The van der Waals surface area contributed by atoms with Crippen LogP contribution < -0.4 is 0 Å². The summed E-state index contributed by atoms with van der Waals surface area (Å²) in [6.07, 6.45) is 2.86. The third kappa shape index (κ3) is 3.89. The number of aryl methyl sites for hydroxylation is 2. The lowest BCUT2D eigenvalue weighted by Gasteiger charge is -2.22. The first-order valence-corrected chi connectivity index (χ1v) is 10.7. The van der Waals surface area contributed by atoms with E-state index in [-0.39, 0.29) is 6.04 Å². The highest BCUT2D eigenvalue weighted by Gasteiger charge is 2.34. The Kier molecular flexibility index (Phi) is 5.19. The third-order valence-corrected chi connectivity index (χ3v) is 6.66. The molecule has 2 aromatic rings. The van der Waals surface area contributed by atoms with Crippen LogP contribution in [0.2, 0.25) is 0 Å². The molecule has 1 fully saturated rings. The Labute approximate surface area is 152 Å². The van der Waals surface area contributed by atoms with E-state index >= 15 is 0 Å². The summed E-state index contributed by atoms with van der Waals surface area (Å²) in [6.45, 7) is 4.83. The van der Waals surface area contributed by atoms with Crippen molar-refractivity contribution < 1.29 is 13.2 Å². The molecule has 9 heteroatoms. The fourth-order valence-electron chi connectivity index (χ4n) is 3.11. The summed E-state index contributed by atoms with van der Waals surface area (Å²) in [5.41, 5.74) is 2.41. The highest BCUT2D eigenvalue weighted by atomic mass is 32.2. The molecule has 3 rings (SSSR count). The lowest BCUT2D eigenvalue weighted by atomic mass is 10.1. The van der Waals surface area contributed by atoms with E-state index in [4.69, 9.17) is 4.74 Å². The van der Waals surface area contributed by atoms with Gasteiger partial charge in [-0.3, -0.25) is 0 Å². The number of aromatic nitrogens is 3. The Bertz CT molecular complexity index is 880. The van der Waals surface area contributed by atoms with Crippen molar-refractivity contribution in [1.82, 2.24) is 19.3 Å². The molecule has 0 radical (unpaired) electrons. The Morgan fingerprint density at radius 2 is 2.08 bits per heavy atom. The van der Waals surface area contributed by atoms with E-state index in [1.807, 2.05) is 19.9 Å². The zero-order chi connectivity index (χ0) is 18.2. The molecule has 0 spiro atoms. The van der Waals surface area contributed by atoms with Crippen LogP contribution in [-0.4, -0.2) is 47.6 Å². The average molecular weight is 383 g/mol. The number of rotatable bonds is 5. The van der Waals surface area contributed by atoms with Crippen LogP contribution in [0, 0.1) is 13.8 Å².